The summed E-state index contributed by atoms with van der Waals surface area (Å²) in [6.07, 6.45) is 0. The Morgan fingerprint density at radius 1 is 1.28 bits per heavy atom. The van der Waals surface area contributed by atoms with Crippen LogP contribution in [0.15, 0.2) is 40.8 Å². The van der Waals surface area contributed by atoms with Crippen LogP contribution < -0.4 is 10.6 Å². The second-order valence-corrected chi connectivity index (χ2v) is 6.29. The maximum Gasteiger partial charge on any atom is 0.325 e. The standard InChI is InChI=1S/C17H16ClN3O4/c1-10-7-8-13(25-10)17(2)15(23)21(16(24)20-17)9-14(22)19-12-6-4-3-5-11(12)18/h3-8H,9H2,1-2H3,(H,19,22)(H,20,24). The van der Waals surface area contributed by atoms with Gasteiger partial charge in [-0.25, -0.2) is 4.79 Å². The molecule has 8 heteroatoms. The van der Waals surface area contributed by atoms with Crippen molar-refractivity contribution < 1.29 is 18.8 Å². The van der Waals surface area contributed by atoms with Crippen LogP contribution in [-0.4, -0.2) is 29.3 Å². The van der Waals surface area contributed by atoms with E-state index < -0.39 is 29.9 Å². The highest BCUT2D eigenvalue weighted by atomic mass is 35.5. The van der Waals surface area contributed by atoms with E-state index in [0.717, 1.165) is 4.90 Å². The molecule has 1 aromatic carbocycles. The number of hydrogen-bond acceptors (Lipinski definition) is 4. The number of halogens is 1. The molecule has 0 bridgehead atoms. The summed E-state index contributed by atoms with van der Waals surface area (Å²) in [5.74, 6) is -0.150. The van der Waals surface area contributed by atoms with Crippen LogP contribution in [0.5, 0.6) is 0 Å². The number of anilines is 1. The third-order valence-corrected chi connectivity index (χ3v) is 4.29. The largest absolute Gasteiger partial charge is 0.463 e. The lowest BCUT2D eigenvalue weighted by Gasteiger charge is -2.19. The lowest BCUT2D eigenvalue weighted by molar-refractivity contribution is -0.134. The molecule has 0 saturated carbocycles. The van der Waals surface area contributed by atoms with Crippen molar-refractivity contribution >= 4 is 35.1 Å². The molecule has 0 spiro atoms. The fourth-order valence-corrected chi connectivity index (χ4v) is 2.79. The predicted octanol–water partition coefficient (Wildman–Crippen LogP) is 2.65. The minimum Gasteiger partial charge on any atom is -0.463 e. The van der Waals surface area contributed by atoms with Gasteiger partial charge in [-0.05, 0) is 38.1 Å². The van der Waals surface area contributed by atoms with Crippen molar-refractivity contribution in [3.8, 4) is 0 Å². The van der Waals surface area contributed by atoms with Crippen LogP contribution in [0.25, 0.3) is 0 Å². The average molecular weight is 362 g/mol. The molecular formula is C17H16ClN3O4. The second kappa shape index (κ2) is 6.25. The number of nitrogens with zero attached hydrogens (tertiary/aromatic N) is 1. The molecule has 1 fully saturated rings. The first kappa shape index (κ1) is 17.0. The quantitative estimate of drug-likeness (QED) is 0.819. The van der Waals surface area contributed by atoms with Crippen molar-refractivity contribution in [2.24, 2.45) is 0 Å². The number of benzene rings is 1. The third-order valence-electron chi connectivity index (χ3n) is 3.96. The fraction of sp³-hybridized carbons (Fsp3) is 0.235. The van der Waals surface area contributed by atoms with E-state index in [1.54, 1.807) is 43.3 Å². The molecule has 1 aliphatic rings. The van der Waals surface area contributed by atoms with Crippen molar-refractivity contribution in [2.45, 2.75) is 19.4 Å². The van der Waals surface area contributed by atoms with Gasteiger partial charge in [-0.15, -0.1) is 0 Å². The molecular weight excluding hydrogens is 346 g/mol. The Labute approximate surface area is 148 Å². The summed E-state index contributed by atoms with van der Waals surface area (Å²) in [4.78, 5) is 37.9. The maximum absolute atomic E-state index is 12.7. The predicted molar refractivity (Wildman–Crippen MR) is 91.1 cm³/mol. The average Bonchev–Trinajstić information content (AvgIpc) is 3.08. The van der Waals surface area contributed by atoms with Gasteiger partial charge in [-0.3, -0.25) is 14.5 Å². The maximum atomic E-state index is 12.7. The number of amides is 4. The first-order valence-electron chi connectivity index (χ1n) is 7.56. The molecule has 1 saturated heterocycles. The monoisotopic (exact) mass is 361 g/mol. The molecule has 25 heavy (non-hydrogen) atoms. The Bertz CT molecular complexity index is 863. The van der Waals surface area contributed by atoms with Gasteiger partial charge in [0.25, 0.3) is 5.91 Å². The number of rotatable bonds is 4. The topological polar surface area (TPSA) is 91.7 Å². The number of carbonyl (C=O) groups is 3. The van der Waals surface area contributed by atoms with E-state index >= 15 is 0 Å². The molecule has 1 aromatic heterocycles. The molecule has 1 unspecified atom stereocenters. The van der Waals surface area contributed by atoms with Crippen LogP contribution in [0.4, 0.5) is 10.5 Å². The molecule has 2 heterocycles. The van der Waals surface area contributed by atoms with Crippen molar-refractivity contribution in [2.75, 3.05) is 11.9 Å². The molecule has 1 atom stereocenters. The van der Waals surface area contributed by atoms with Crippen LogP contribution in [0.1, 0.15) is 18.4 Å². The summed E-state index contributed by atoms with van der Waals surface area (Å²) in [6, 6.07) is 9.37. The Hall–Kier alpha value is -2.80. The first-order chi connectivity index (χ1) is 11.8. The van der Waals surface area contributed by atoms with E-state index in [2.05, 4.69) is 10.6 Å². The highest BCUT2D eigenvalue weighted by molar-refractivity contribution is 6.33. The number of carbonyl (C=O) groups excluding carboxylic acids is 3. The summed E-state index contributed by atoms with van der Waals surface area (Å²) >= 11 is 5.98. The smallest absolute Gasteiger partial charge is 0.325 e. The summed E-state index contributed by atoms with van der Waals surface area (Å²) in [5, 5.41) is 5.52. The van der Waals surface area contributed by atoms with Gasteiger partial charge in [-0.2, -0.15) is 0 Å². The van der Waals surface area contributed by atoms with E-state index in [1.165, 1.54) is 6.92 Å². The number of hydrogen-bond donors (Lipinski definition) is 2. The molecule has 2 N–H and O–H groups in total. The highest BCUT2D eigenvalue weighted by Crippen LogP contribution is 2.30. The lowest BCUT2D eigenvalue weighted by Crippen LogP contribution is -2.41. The van der Waals surface area contributed by atoms with E-state index in [1.807, 2.05) is 0 Å². The van der Waals surface area contributed by atoms with E-state index in [-0.39, 0.29) is 0 Å². The zero-order valence-corrected chi connectivity index (χ0v) is 14.4. The van der Waals surface area contributed by atoms with Crippen LogP contribution in [-0.2, 0) is 15.1 Å². The van der Waals surface area contributed by atoms with Crippen LogP contribution >= 0.6 is 11.6 Å². The van der Waals surface area contributed by atoms with E-state index in [0.29, 0.717) is 22.2 Å². The Kier molecular flexibility index (Phi) is 4.26. The Morgan fingerprint density at radius 2 is 2.00 bits per heavy atom. The van der Waals surface area contributed by atoms with E-state index in [9.17, 15) is 14.4 Å². The van der Waals surface area contributed by atoms with Crippen LogP contribution in [0.2, 0.25) is 5.02 Å². The zero-order chi connectivity index (χ0) is 18.2. The van der Waals surface area contributed by atoms with Crippen LogP contribution in [0, 0.1) is 6.92 Å². The summed E-state index contributed by atoms with van der Waals surface area (Å²) < 4.78 is 5.47. The molecule has 2 aromatic rings. The summed E-state index contributed by atoms with van der Waals surface area (Å²) in [5.41, 5.74) is -0.929. The number of para-hydroxylation sites is 1. The second-order valence-electron chi connectivity index (χ2n) is 5.88. The molecule has 1 aliphatic heterocycles. The number of furan rings is 1. The number of urea groups is 1. The van der Waals surface area contributed by atoms with Crippen molar-refractivity contribution in [3.63, 3.8) is 0 Å². The van der Waals surface area contributed by atoms with Gasteiger partial charge in [0.2, 0.25) is 5.91 Å². The number of aryl methyl sites for hydroxylation is 1. The molecule has 7 nitrogen and oxygen atoms in total. The van der Waals surface area contributed by atoms with Crippen LogP contribution in [0.3, 0.4) is 0 Å². The molecule has 130 valence electrons. The van der Waals surface area contributed by atoms with Gasteiger partial charge in [0.1, 0.15) is 18.1 Å². The molecule has 0 radical (unpaired) electrons. The van der Waals surface area contributed by atoms with Crippen molar-refractivity contribution in [1.82, 2.24) is 10.2 Å². The molecule has 3 rings (SSSR count). The minimum absolute atomic E-state index is 0.317. The third kappa shape index (κ3) is 3.10. The van der Waals surface area contributed by atoms with Crippen molar-refractivity contribution in [1.29, 1.82) is 0 Å². The van der Waals surface area contributed by atoms with Gasteiger partial charge in [0.15, 0.2) is 5.54 Å². The van der Waals surface area contributed by atoms with Gasteiger partial charge >= 0.3 is 6.03 Å². The first-order valence-corrected chi connectivity index (χ1v) is 7.94. The highest BCUT2D eigenvalue weighted by Gasteiger charge is 2.51. The van der Waals surface area contributed by atoms with E-state index in [4.69, 9.17) is 16.0 Å². The Morgan fingerprint density at radius 3 is 2.64 bits per heavy atom. The van der Waals surface area contributed by atoms with Gasteiger partial charge in [-0.1, -0.05) is 23.7 Å². The number of imide groups is 1. The summed E-state index contributed by atoms with van der Waals surface area (Å²) in [6.45, 7) is 2.85. The van der Waals surface area contributed by atoms with Gasteiger partial charge in [0.05, 0.1) is 10.7 Å². The molecule has 0 aliphatic carbocycles. The zero-order valence-electron chi connectivity index (χ0n) is 13.6. The SMILES string of the molecule is Cc1ccc(C2(C)NC(=O)N(CC(=O)Nc3ccccc3Cl)C2=O)o1. The number of nitrogens with one attached hydrogen (secondary N) is 2. The van der Waals surface area contributed by atoms with Crippen molar-refractivity contribution in [3.05, 3.63) is 52.9 Å². The van der Waals surface area contributed by atoms with Gasteiger partial charge < -0.3 is 15.1 Å². The lowest BCUT2D eigenvalue weighted by atomic mass is 9.99. The van der Waals surface area contributed by atoms with Gasteiger partial charge in [0, 0.05) is 0 Å². The summed E-state index contributed by atoms with van der Waals surface area (Å²) in [7, 11) is 0. The molecule has 4 amide bonds. The fourth-order valence-electron chi connectivity index (χ4n) is 2.61. The minimum atomic E-state index is -1.34. The Balaban J connectivity index is 1.75. The normalized spacial score (nSPS) is 19.9.